The maximum atomic E-state index is 11.3. The predicted molar refractivity (Wildman–Crippen MR) is 136 cm³/mol. The normalized spacial score (nSPS) is 23.6. The van der Waals surface area contributed by atoms with Crippen LogP contribution < -0.4 is 10.2 Å². The Morgan fingerprint density at radius 3 is 2.40 bits per heavy atom. The fourth-order valence-corrected chi connectivity index (χ4v) is 4.50. The highest BCUT2D eigenvalue weighted by molar-refractivity contribution is 7.85. The van der Waals surface area contributed by atoms with Crippen LogP contribution >= 0.6 is 0 Å². The third-order valence-corrected chi connectivity index (χ3v) is 7.08. The number of rotatable bonds is 7. The Kier molecular flexibility index (Phi) is 7.47. The van der Waals surface area contributed by atoms with Crippen LogP contribution in [0, 0.1) is 5.41 Å². The largest absolute Gasteiger partial charge is 0.462 e. The SMILES string of the molecule is N=c1c2cnn(-c3ccc(S(=O)(=O)O)cc3)c2ncn1/N=C\c1ccc(OC2OC(CO)C(O)C(O)C2O)cc1. The van der Waals surface area contributed by atoms with Crippen molar-refractivity contribution in [2.75, 3.05) is 6.61 Å². The predicted octanol–water partition coefficient (Wildman–Crippen LogP) is -0.991. The summed E-state index contributed by atoms with van der Waals surface area (Å²) in [5.74, 6) is 0.287. The number of fused-ring (bicyclic) bond motifs is 1. The van der Waals surface area contributed by atoms with Crippen molar-refractivity contribution in [3.05, 3.63) is 72.1 Å². The molecular formula is C24H24N6O9S. The van der Waals surface area contributed by atoms with E-state index in [1.165, 1.54) is 52.4 Å². The van der Waals surface area contributed by atoms with Gasteiger partial charge >= 0.3 is 0 Å². The van der Waals surface area contributed by atoms with Crippen LogP contribution in [0.1, 0.15) is 5.56 Å². The first kappa shape index (κ1) is 27.5. The summed E-state index contributed by atoms with van der Waals surface area (Å²) in [5, 5.41) is 56.6. The molecule has 0 aliphatic carbocycles. The molecule has 16 heteroatoms. The summed E-state index contributed by atoms with van der Waals surface area (Å²) < 4.78 is 45.3. The average molecular weight is 573 g/mol. The van der Waals surface area contributed by atoms with Crippen molar-refractivity contribution >= 4 is 27.4 Å². The summed E-state index contributed by atoms with van der Waals surface area (Å²) in [4.78, 5) is 4.06. The molecule has 1 fully saturated rings. The second-order valence-electron chi connectivity index (χ2n) is 8.83. The van der Waals surface area contributed by atoms with E-state index in [1.807, 2.05) is 0 Å². The van der Waals surface area contributed by atoms with Gasteiger partial charge in [0.25, 0.3) is 10.1 Å². The van der Waals surface area contributed by atoms with Gasteiger partial charge in [-0.2, -0.15) is 18.6 Å². The van der Waals surface area contributed by atoms with E-state index in [4.69, 9.17) is 19.4 Å². The van der Waals surface area contributed by atoms with E-state index < -0.39 is 47.4 Å². The molecule has 0 spiro atoms. The molecule has 0 amide bonds. The van der Waals surface area contributed by atoms with E-state index in [-0.39, 0.29) is 16.1 Å². The Balaban J connectivity index is 1.31. The Labute approximate surface area is 226 Å². The number of ether oxygens (including phenoxy) is 2. The zero-order valence-electron chi connectivity index (χ0n) is 20.5. The van der Waals surface area contributed by atoms with Gasteiger partial charge < -0.3 is 29.9 Å². The molecule has 5 unspecified atom stereocenters. The molecule has 6 N–H and O–H groups in total. The van der Waals surface area contributed by atoms with Crippen LogP contribution in [0.4, 0.5) is 0 Å². The zero-order chi connectivity index (χ0) is 28.6. The second kappa shape index (κ2) is 10.9. The van der Waals surface area contributed by atoms with Crippen LogP contribution in [0.3, 0.4) is 0 Å². The number of hydrogen-bond acceptors (Lipinski definition) is 12. The molecule has 5 rings (SSSR count). The van der Waals surface area contributed by atoms with Crippen molar-refractivity contribution in [1.82, 2.24) is 19.4 Å². The van der Waals surface area contributed by atoms with E-state index in [0.717, 1.165) is 0 Å². The highest BCUT2D eigenvalue weighted by Gasteiger charge is 2.44. The topological polar surface area (TPSA) is 226 Å². The van der Waals surface area contributed by atoms with Gasteiger partial charge in [-0.15, -0.1) is 0 Å². The van der Waals surface area contributed by atoms with Crippen LogP contribution in [0.15, 0.2) is 71.1 Å². The van der Waals surface area contributed by atoms with E-state index in [0.29, 0.717) is 22.3 Å². The van der Waals surface area contributed by atoms with Gasteiger partial charge in [-0.1, -0.05) is 0 Å². The smallest absolute Gasteiger partial charge is 0.294 e. The molecule has 3 heterocycles. The lowest BCUT2D eigenvalue weighted by Gasteiger charge is -2.39. The standard InChI is InChI=1S/C24H24N6O9S/c25-22-17-10-28-30(14-3-7-16(8-4-14)40(35,36)37)23(17)26-12-29(22)27-9-13-1-5-15(6-2-13)38-24-21(34)20(33)19(32)18(11-31)39-24/h1-10,12,18-21,24-25,31-34H,11H2,(H,35,36,37)/b25-22?,27-9-. The molecule has 15 nitrogen and oxygen atoms in total. The number of nitrogens with one attached hydrogen (secondary N) is 1. The molecule has 210 valence electrons. The van der Waals surface area contributed by atoms with Crippen molar-refractivity contribution in [1.29, 1.82) is 5.41 Å². The Bertz CT molecular complexity index is 1700. The van der Waals surface area contributed by atoms with Crippen LogP contribution in [0.25, 0.3) is 16.7 Å². The first-order valence-corrected chi connectivity index (χ1v) is 13.2. The molecule has 2 aromatic heterocycles. The molecule has 1 aliphatic rings. The highest BCUT2D eigenvalue weighted by atomic mass is 32.2. The monoisotopic (exact) mass is 572 g/mol. The maximum Gasteiger partial charge on any atom is 0.294 e. The van der Waals surface area contributed by atoms with E-state index >= 15 is 0 Å². The van der Waals surface area contributed by atoms with Crippen molar-refractivity contribution < 1.29 is 42.9 Å². The highest BCUT2D eigenvalue weighted by Crippen LogP contribution is 2.24. The lowest BCUT2D eigenvalue weighted by Crippen LogP contribution is -2.60. The summed E-state index contributed by atoms with van der Waals surface area (Å²) in [6.07, 6.45) is -2.75. The van der Waals surface area contributed by atoms with Gasteiger partial charge in [0.2, 0.25) is 6.29 Å². The minimum Gasteiger partial charge on any atom is -0.462 e. The van der Waals surface area contributed by atoms with Crippen LogP contribution in [0.5, 0.6) is 5.75 Å². The van der Waals surface area contributed by atoms with Crippen LogP contribution in [-0.2, 0) is 14.9 Å². The molecule has 5 atom stereocenters. The summed E-state index contributed by atoms with van der Waals surface area (Å²) in [7, 11) is -4.33. The van der Waals surface area contributed by atoms with E-state index in [2.05, 4.69) is 15.2 Å². The number of aliphatic hydroxyl groups is 4. The summed E-state index contributed by atoms with van der Waals surface area (Å²) in [5.41, 5.74) is 1.43. The third-order valence-electron chi connectivity index (χ3n) is 6.21. The Morgan fingerprint density at radius 1 is 1.05 bits per heavy atom. The minimum atomic E-state index is -4.33. The quantitative estimate of drug-likeness (QED) is 0.116. The molecule has 1 aliphatic heterocycles. The van der Waals surface area contributed by atoms with E-state index in [1.54, 1.807) is 24.3 Å². The number of aliphatic hydroxyl groups excluding tert-OH is 4. The van der Waals surface area contributed by atoms with Gasteiger partial charge in [-0.25, -0.2) is 14.3 Å². The average Bonchev–Trinajstić information content (AvgIpc) is 3.38. The molecule has 4 aromatic rings. The van der Waals surface area contributed by atoms with Crippen molar-refractivity contribution in [2.45, 2.75) is 35.6 Å². The fraction of sp³-hybridized carbons (Fsp3) is 0.250. The van der Waals surface area contributed by atoms with Gasteiger partial charge in [0.1, 0.15) is 36.5 Å². The number of benzene rings is 2. The second-order valence-corrected chi connectivity index (χ2v) is 10.3. The summed E-state index contributed by atoms with van der Waals surface area (Å²) in [6, 6.07) is 11.8. The van der Waals surface area contributed by atoms with E-state index in [9.17, 15) is 28.8 Å². The number of nitrogens with zero attached hydrogens (tertiary/aromatic N) is 5. The third kappa shape index (κ3) is 5.36. The maximum absolute atomic E-state index is 11.3. The first-order chi connectivity index (χ1) is 19.1. The molecule has 0 radical (unpaired) electrons. The lowest BCUT2D eigenvalue weighted by molar-refractivity contribution is -0.277. The zero-order valence-corrected chi connectivity index (χ0v) is 21.3. The Hall–Kier alpha value is -4.03. The lowest BCUT2D eigenvalue weighted by atomic mass is 9.99. The van der Waals surface area contributed by atoms with Crippen molar-refractivity contribution in [2.24, 2.45) is 5.10 Å². The van der Waals surface area contributed by atoms with Gasteiger partial charge in [0, 0.05) is 0 Å². The molecule has 0 saturated carbocycles. The van der Waals surface area contributed by atoms with Gasteiger partial charge in [-0.3, -0.25) is 9.96 Å². The molecule has 1 saturated heterocycles. The van der Waals surface area contributed by atoms with Crippen LogP contribution in [0.2, 0.25) is 0 Å². The molecule has 0 bridgehead atoms. The van der Waals surface area contributed by atoms with Crippen molar-refractivity contribution in [3.8, 4) is 11.4 Å². The van der Waals surface area contributed by atoms with Gasteiger partial charge in [-0.05, 0) is 54.1 Å². The van der Waals surface area contributed by atoms with Crippen molar-refractivity contribution in [3.63, 3.8) is 0 Å². The molecular weight excluding hydrogens is 548 g/mol. The summed E-state index contributed by atoms with van der Waals surface area (Å²) in [6.45, 7) is -0.568. The van der Waals surface area contributed by atoms with Gasteiger partial charge in [0.05, 0.1) is 35.0 Å². The minimum absolute atomic E-state index is 0.00960. The number of aromatic nitrogens is 4. The number of hydrogen-bond donors (Lipinski definition) is 6. The summed E-state index contributed by atoms with van der Waals surface area (Å²) >= 11 is 0. The molecule has 40 heavy (non-hydrogen) atoms. The Morgan fingerprint density at radius 2 is 1.75 bits per heavy atom. The fourth-order valence-electron chi connectivity index (χ4n) is 4.02. The van der Waals surface area contributed by atoms with Crippen LogP contribution in [-0.4, -0.2) is 96.4 Å². The van der Waals surface area contributed by atoms with Gasteiger partial charge in [0.15, 0.2) is 11.1 Å². The first-order valence-electron chi connectivity index (χ1n) is 11.8. The molecule has 2 aromatic carbocycles.